The highest BCUT2D eigenvalue weighted by Crippen LogP contribution is 2.36. The molecule has 2 aromatic heterocycles. The lowest BCUT2D eigenvalue weighted by Gasteiger charge is -2.18. The van der Waals surface area contributed by atoms with Crippen LogP contribution in [0.4, 0.5) is 0 Å². The molecule has 0 aromatic carbocycles. The fourth-order valence-electron chi connectivity index (χ4n) is 3.35. The lowest BCUT2D eigenvalue weighted by Crippen LogP contribution is -2.31. The van der Waals surface area contributed by atoms with Gasteiger partial charge >= 0.3 is 0 Å². The summed E-state index contributed by atoms with van der Waals surface area (Å²) in [7, 11) is 3.49. The van der Waals surface area contributed by atoms with Gasteiger partial charge in [-0.1, -0.05) is 18.7 Å². The maximum absolute atomic E-state index is 13.1. The maximum Gasteiger partial charge on any atom is 0.263 e. The molecule has 0 N–H and O–H groups in total. The van der Waals surface area contributed by atoms with E-state index in [0.717, 1.165) is 29.5 Å². The smallest absolute Gasteiger partial charge is 0.263 e. The predicted molar refractivity (Wildman–Crippen MR) is 105 cm³/mol. The normalized spacial score (nSPS) is 18.2. The number of nitrogens with zero attached hydrogens (tertiary/aromatic N) is 3. The van der Waals surface area contributed by atoms with Crippen molar-refractivity contribution in [3.8, 4) is 0 Å². The van der Waals surface area contributed by atoms with Crippen LogP contribution in [0.2, 0.25) is 0 Å². The summed E-state index contributed by atoms with van der Waals surface area (Å²) in [6.45, 7) is 6.65. The second-order valence-corrected chi connectivity index (χ2v) is 9.36. The Kier molecular flexibility index (Phi) is 5.25. The molecule has 1 aliphatic carbocycles. The van der Waals surface area contributed by atoms with Crippen LogP contribution in [0.1, 0.15) is 37.6 Å². The van der Waals surface area contributed by atoms with Crippen LogP contribution in [0.5, 0.6) is 0 Å². The second-order valence-electron chi connectivity index (χ2n) is 6.97. The lowest BCUT2D eigenvalue weighted by molar-refractivity contribution is -0.127. The van der Waals surface area contributed by atoms with Gasteiger partial charge in [0.05, 0.1) is 10.6 Å². The molecule has 0 spiro atoms. The number of thioether (sulfide) groups is 1. The van der Waals surface area contributed by atoms with Crippen LogP contribution in [0.15, 0.2) is 9.95 Å². The number of aromatic nitrogens is 2. The topological polar surface area (TPSA) is 55.2 Å². The molecule has 0 radical (unpaired) electrons. The van der Waals surface area contributed by atoms with Crippen molar-refractivity contribution >= 4 is 39.2 Å². The third-order valence-corrected chi connectivity index (χ3v) is 6.99. The zero-order valence-corrected chi connectivity index (χ0v) is 17.1. The average Bonchev–Trinajstić information content (AvgIpc) is 2.91. The predicted octanol–water partition coefficient (Wildman–Crippen LogP) is 3.17. The van der Waals surface area contributed by atoms with Crippen molar-refractivity contribution in [3.63, 3.8) is 0 Å². The van der Waals surface area contributed by atoms with E-state index in [0.29, 0.717) is 17.6 Å². The Labute approximate surface area is 156 Å². The molecule has 2 atom stereocenters. The van der Waals surface area contributed by atoms with Crippen LogP contribution >= 0.6 is 23.1 Å². The van der Waals surface area contributed by atoms with Crippen molar-refractivity contribution < 1.29 is 4.79 Å². The van der Waals surface area contributed by atoms with E-state index in [-0.39, 0.29) is 16.7 Å². The molecule has 3 rings (SSSR count). The SMILES string of the molecule is CCn1c(S[C@@H](C)C(=O)N(C)C)nc2sc3c(c2c1=O)CC[C@H](C)C3. The van der Waals surface area contributed by atoms with Crippen LogP contribution < -0.4 is 5.56 Å². The summed E-state index contributed by atoms with van der Waals surface area (Å²) in [5, 5.41) is 1.19. The van der Waals surface area contributed by atoms with Gasteiger partial charge in [-0.2, -0.15) is 0 Å². The summed E-state index contributed by atoms with van der Waals surface area (Å²) >= 11 is 3.03. The minimum Gasteiger partial charge on any atom is -0.348 e. The van der Waals surface area contributed by atoms with E-state index in [9.17, 15) is 9.59 Å². The summed E-state index contributed by atoms with van der Waals surface area (Å²) in [5.74, 6) is 0.696. The van der Waals surface area contributed by atoms with E-state index in [1.165, 1.54) is 22.2 Å². The Bertz CT molecular complexity index is 869. The summed E-state index contributed by atoms with van der Waals surface area (Å²) in [6, 6.07) is 0. The molecule has 1 aliphatic rings. The molecule has 136 valence electrons. The minimum absolute atomic E-state index is 0.0290. The highest BCUT2D eigenvalue weighted by molar-refractivity contribution is 8.00. The zero-order valence-electron chi connectivity index (χ0n) is 15.5. The number of thiophene rings is 1. The first-order valence-electron chi connectivity index (χ1n) is 8.76. The number of hydrogen-bond acceptors (Lipinski definition) is 5. The molecule has 0 bridgehead atoms. The van der Waals surface area contributed by atoms with Gasteiger partial charge < -0.3 is 4.90 Å². The van der Waals surface area contributed by atoms with Gasteiger partial charge in [-0.3, -0.25) is 14.2 Å². The number of rotatable bonds is 4. The van der Waals surface area contributed by atoms with Crippen LogP contribution in [-0.2, 0) is 24.2 Å². The summed E-state index contributed by atoms with van der Waals surface area (Å²) < 4.78 is 1.72. The average molecular weight is 380 g/mol. The molecule has 2 heterocycles. The number of amides is 1. The Balaban J connectivity index is 2.08. The van der Waals surface area contributed by atoms with Crippen molar-refractivity contribution in [2.75, 3.05) is 14.1 Å². The van der Waals surface area contributed by atoms with Crippen molar-refractivity contribution in [2.45, 2.75) is 57.0 Å². The molecule has 2 aromatic rings. The highest BCUT2D eigenvalue weighted by Gasteiger charge is 2.26. The third-order valence-electron chi connectivity index (χ3n) is 4.77. The van der Waals surface area contributed by atoms with Gasteiger partial charge in [0, 0.05) is 25.5 Å². The Morgan fingerprint density at radius 2 is 2.20 bits per heavy atom. The van der Waals surface area contributed by atoms with Crippen LogP contribution in [0.3, 0.4) is 0 Å². The number of hydrogen-bond donors (Lipinski definition) is 0. The van der Waals surface area contributed by atoms with Gasteiger partial charge in [-0.25, -0.2) is 4.98 Å². The Morgan fingerprint density at radius 3 is 2.84 bits per heavy atom. The van der Waals surface area contributed by atoms with Gasteiger partial charge in [-0.05, 0) is 44.6 Å². The fourth-order valence-corrected chi connectivity index (χ4v) is 5.89. The molecular weight excluding hydrogens is 354 g/mol. The Morgan fingerprint density at radius 1 is 1.48 bits per heavy atom. The third kappa shape index (κ3) is 3.36. The second kappa shape index (κ2) is 7.11. The fraction of sp³-hybridized carbons (Fsp3) is 0.611. The first kappa shape index (κ1) is 18.5. The van der Waals surface area contributed by atoms with E-state index >= 15 is 0 Å². The van der Waals surface area contributed by atoms with E-state index in [4.69, 9.17) is 4.98 Å². The monoisotopic (exact) mass is 379 g/mol. The Hall–Kier alpha value is -1.34. The summed E-state index contributed by atoms with van der Waals surface area (Å²) in [4.78, 5) is 33.8. The van der Waals surface area contributed by atoms with Gasteiger partial charge in [-0.15, -0.1) is 11.3 Å². The highest BCUT2D eigenvalue weighted by atomic mass is 32.2. The molecule has 0 aliphatic heterocycles. The standard InChI is InChI=1S/C18H25N3O2S2/c1-6-21-17(23)14-12-8-7-10(2)9-13(12)25-15(14)19-18(21)24-11(3)16(22)20(4)5/h10-11H,6-9H2,1-5H3/t10-,11-/m0/s1. The number of aryl methyl sites for hydroxylation is 1. The van der Waals surface area contributed by atoms with Crippen molar-refractivity contribution in [1.29, 1.82) is 0 Å². The lowest BCUT2D eigenvalue weighted by atomic mass is 9.89. The first-order chi connectivity index (χ1) is 11.8. The van der Waals surface area contributed by atoms with Crippen molar-refractivity contribution in [1.82, 2.24) is 14.5 Å². The molecular formula is C18H25N3O2S2. The van der Waals surface area contributed by atoms with Crippen molar-refractivity contribution in [2.24, 2.45) is 5.92 Å². The van der Waals surface area contributed by atoms with Gasteiger partial charge in [0.25, 0.3) is 5.56 Å². The van der Waals surface area contributed by atoms with Crippen molar-refractivity contribution in [3.05, 3.63) is 20.8 Å². The molecule has 0 saturated heterocycles. The largest absolute Gasteiger partial charge is 0.348 e. The molecule has 0 unspecified atom stereocenters. The number of fused-ring (bicyclic) bond motifs is 3. The van der Waals surface area contributed by atoms with Crippen LogP contribution in [0, 0.1) is 5.92 Å². The molecule has 25 heavy (non-hydrogen) atoms. The number of carbonyl (C=O) groups is 1. The van der Waals surface area contributed by atoms with Gasteiger partial charge in [0.2, 0.25) is 5.91 Å². The van der Waals surface area contributed by atoms with Gasteiger partial charge in [0.1, 0.15) is 4.83 Å². The van der Waals surface area contributed by atoms with E-state index in [1.807, 2.05) is 13.8 Å². The van der Waals surface area contributed by atoms with E-state index in [2.05, 4.69) is 6.92 Å². The molecule has 7 heteroatoms. The first-order valence-corrected chi connectivity index (χ1v) is 10.5. The maximum atomic E-state index is 13.1. The summed E-state index contributed by atoms with van der Waals surface area (Å²) in [5.41, 5.74) is 1.26. The summed E-state index contributed by atoms with van der Waals surface area (Å²) in [6.07, 6.45) is 3.15. The minimum atomic E-state index is -0.272. The zero-order chi connectivity index (χ0) is 18.3. The molecule has 1 amide bonds. The number of carbonyl (C=O) groups excluding carboxylic acids is 1. The molecule has 5 nitrogen and oxygen atoms in total. The van der Waals surface area contributed by atoms with Crippen LogP contribution in [0.25, 0.3) is 10.2 Å². The van der Waals surface area contributed by atoms with E-state index in [1.54, 1.807) is 34.9 Å². The van der Waals surface area contributed by atoms with E-state index < -0.39 is 0 Å². The molecule has 0 saturated carbocycles. The quantitative estimate of drug-likeness (QED) is 0.605. The van der Waals surface area contributed by atoms with Gasteiger partial charge in [0.15, 0.2) is 5.16 Å². The van der Waals surface area contributed by atoms with Crippen LogP contribution in [-0.4, -0.2) is 39.7 Å². The molecule has 0 fully saturated rings.